The largest absolute Gasteiger partial charge is 0.480 e. The SMILES string of the molecule is CC(C)C(NC(=O)C(CCC(=O)OC(C)(C)C)NC(=O)C(CC(=O)OC(C)(C)C)NC(=O)OCc1ccccc1)C(=O)O. The van der Waals surface area contributed by atoms with Crippen molar-refractivity contribution in [3.8, 4) is 0 Å². The van der Waals surface area contributed by atoms with E-state index in [1.54, 1.807) is 85.7 Å². The summed E-state index contributed by atoms with van der Waals surface area (Å²) in [6.07, 6.45) is -2.16. The summed E-state index contributed by atoms with van der Waals surface area (Å²) in [6, 6.07) is 4.54. The highest BCUT2D eigenvalue weighted by atomic mass is 16.6. The number of carbonyl (C=O) groups excluding carboxylic acids is 5. The number of alkyl carbamates (subject to hydrolysis) is 1. The highest BCUT2D eigenvalue weighted by Crippen LogP contribution is 2.13. The monoisotopic (exact) mass is 607 g/mol. The third kappa shape index (κ3) is 15.6. The van der Waals surface area contributed by atoms with Gasteiger partial charge in [-0.2, -0.15) is 0 Å². The number of ether oxygens (including phenoxy) is 3. The molecule has 3 amide bonds. The number of nitrogens with one attached hydrogen (secondary N) is 3. The molecule has 43 heavy (non-hydrogen) atoms. The molecule has 3 unspecified atom stereocenters. The van der Waals surface area contributed by atoms with Crippen LogP contribution in [0.25, 0.3) is 0 Å². The molecule has 0 aliphatic rings. The molecule has 240 valence electrons. The average Bonchev–Trinajstić information content (AvgIpc) is 2.85. The van der Waals surface area contributed by atoms with Gasteiger partial charge in [0, 0.05) is 6.42 Å². The molecule has 0 spiro atoms. The van der Waals surface area contributed by atoms with Crippen molar-refractivity contribution in [2.45, 2.75) is 111 Å². The summed E-state index contributed by atoms with van der Waals surface area (Å²) >= 11 is 0. The molecule has 4 N–H and O–H groups in total. The molecule has 0 saturated heterocycles. The van der Waals surface area contributed by atoms with Crippen molar-refractivity contribution < 1.29 is 48.1 Å². The molecule has 0 aromatic heterocycles. The number of esters is 2. The van der Waals surface area contributed by atoms with E-state index < -0.39 is 77.5 Å². The summed E-state index contributed by atoms with van der Waals surface area (Å²) in [4.78, 5) is 75.8. The zero-order chi connectivity index (χ0) is 33.0. The number of aliphatic carboxylic acids is 1. The first-order chi connectivity index (χ1) is 19.8. The smallest absolute Gasteiger partial charge is 0.408 e. The second kappa shape index (κ2) is 16.5. The van der Waals surface area contributed by atoms with E-state index in [2.05, 4.69) is 16.0 Å². The zero-order valence-electron chi connectivity index (χ0n) is 26.1. The van der Waals surface area contributed by atoms with Crippen LogP contribution in [0.1, 0.15) is 80.2 Å². The van der Waals surface area contributed by atoms with Gasteiger partial charge in [-0.25, -0.2) is 9.59 Å². The molecular weight excluding hydrogens is 562 g/mol. The van der Waals surface area contributed by atoms with Gasteiger partial charge in [0.2, 0.25) is 11.8 Å². The van der Waals surface area contributed by atoms with Gasteiger partial charge in [-0.15, -0.1) is 0 Å². The van der Waals surface area contributed by atoms with Crippen LogP contribution >= 0.6 is 0 Å². The molecule has 13 heteroatoms. The number of carboxylic acid groups (broad SMARTS) is 1. The molecule has 1 aromatic carbocycles. The maximum absolute atomic E-state index is 13.4. The predicted molar refractivity (Wildman–Crippen MR) is 155 cm³/mol. The van der Waals surface area contributed by atoms with Crippen LogP contribution in [0.4, 0.5) is 4.79 Å². The first-order valence-electron chi connectivity index (χ1n) is 14.0. The van der Waals surface area contributed by atoms with Crippen molar-refractivity contribution in [2.75, 3.05) is 0 Å². The second-order valence-electron chi connectivity index (χ2n) is 12.3. The molecule has 13 nitrogen and oxygen atoms in total. The second-order valence-corrected chi connectivity index (χ2v) is 12.3. The highest BCUT2D eigenvalue weighted by Gasteiger charge is 2.33. The van der Waals surface area contributed by atoms with Crippen molar-refractivity contribution in [3.63, 3.8) is 0 Å². The minimum Gasteiger partial charge on any atom is -0.480 e. The minimum absolute atomic E-state index is 0.111. The molecule has 0 radical (unpaired) electrons. The number of hydrogen-bond donors (Lipinski definition) is 4. The Morgan fingerprint density at radius 2 is 1.30 bits per heavy atom. The maximum atomic E-state index is 13.4. The predicted octanol–water partition coefficient (Wildman–Crippen LogP) is 2.85. The average molecular weight is 608 g/mol. The van der Waals surface area contributed by atoms with E-state index in [4.69, 9.17) is 14.2 Å². The van der Waals surface area contributed by atoms with Crippen molar-refractivity contribution in [1.82, 2.24) is 16.0 Å². The molecule has 0 saturated carbocycles. The highest BCUT2D eigenvalue weighted by molar-refractivity contribution is 5.94. The standard InChI is InChI=1S/C30H45N3O10/c1-18(2)24(27(38)39)33-25(36)20(14-15-22(34)42-29(3,4)5)31-26(37)21(16-23(35)43-30(6,7)8)32-28(40)41-17-19-12-10-9-11-13-19/h9-13,18,20-21,24H,14-17H2,1-8H3,(H,31,37)(H,32,40)(H,33,36)(H,38,39). The van der Waals surface area contributed by atoms with Gasteiger partial charge in [0.05, 0.1) is 6.42 Å². The molecular formula is C30H45N3O10. The first-order valence-corrected chi connectivity index (χ1v) is 14.0. The molecule has 0 bridgehead atoms. The molecule has 0 aliphatic carbocycles. The van der Waals surface area contributed by atoms with Crippen LogP contribution in [0.15, 0.2) is 30.3 Å². The van der Waals surface area contributed by atoms with Gasteiger partial charge in [-0.3, -0.25) is 19.2 Å². The van der Waals surface area contributed by atoms with Crippen molar-refractivity contribution in [1.29, 1.82) is 0 Å². The Morgan fingerprint density at radius 3 is 1.81 bits per heavy atom. The Morgan fingerprint density at radius 1 is 0.767 bits per heavy atom. The van der Waals surface area contributed by atoms with Gasteiger partial charge in [-0.05, 0) is 59.4 Å². The number of benzene rings is 1. The van der Waals surface area contributed by atoms with Gasteiger partial charge < -0.3 is 35.3 Å². The van der Waals surface area contributed by atoms with E-state index in [9.17, 15) is 33.9 Å². The zero-order valence-corrected chi connectivity index (χ0v) is 26.1. The number of amides is 3. The van der Waals surface area contributed by atoms with Crippen LogP contribution in [0.3, 0.4) is 0 Å². The van der Waals surface area contributed by atoms with E-state index in [-0.39, 0.29) is 19.4 Å². The lowest BCUT2D eigenvalue weighted by molar-refractivity contribution is -0.156. The number of hydrogen-bond acceptors (Lipinski definition) is 9. The Balaban J connectivity index is 3.17. The summed E-state index contributed by atoms with van der Waals surface area (Å²) in [7, 11) is 0. The lowest BCUT2D eigenvalue weighted by Gasteiger charge is -2.26. The molecule has 1 rings (SSSR count). The molecule has 0 fully saturated rings. The fourth-order valence-electron chi connectivity index (χ4n) is 3.63. The molecule has 0 aliphatic heterocycles. The Kier molecular flexibility index (Phi) is 14.1. The lowest BCUT2D eigenvalue weighted by atomic mass is 10.0. The van der Waals surface area contributed by atoms with Crippen molar-refractivity contribution in [2.24, 2.45) is 5.92 Å². The molecule has 1 aromatic rings. The van der Waals surface area contributed by atoms with Crippen LogP contribution in [-0.4, -0.2) is 70.2 Å². The van der Waals surface area contributed by atoms with Gasteiger partial charge in [-0.1, -0.05) is 44.2 Å². The van der Waals surface area contributed by atoms with Crippen molar-refractivity contribution in [3.05, 3.63) is 35.9 Å². The normalized spacial score (nSPS) is 13.6. The van der Waals surface area contributed by atoms with Crippen LogP contribution in [0, 0.1) is 5.92 Å². The van der Waals surface area contributed by atoms with E-state index >= 15 is 0 Å². The lowest BCUT2D eigenvalue weighted by Crippen LogP contribution is -2.57. The van der Waals surface area contributed by atoms with E-state index in [1.807, 2.05) is 0 Å². The van der Waals surface area contributed by atoms with Crippen LogP contribution in [-0.2, 0) is 44.8 Å². The van der Waals surface area contributed by atoms with Crippen molar-refractivity contribution >= 4 is 35.8 Å². The van der Waals surface area contributed by atoms with E-state index in [0.29, 0.717) is 5.56 Å². The minimum atomic E-state index is -1.53. The summed E-state index contributed by atoms with van der Waals surface area (Å²) in [5.74, 6) is -5.07. The summed E-state index contributed by atoms with van der Waals surface area (Å²) in [5.41, 5.74) is -1.00. The molecule has 0 heterocycles. The summed E-state index contributed by atoms with van der Waals surface area (Å²) < 4.78 is 15.8. The fourth-order valence-corrected chi connectivity index (χ4v) is 3.63. The maximum Gasteiger partial charge on any atom is 0.408 e. The Hall–Kier alpha value is -4.16. The van der Waals surface area contributed by atoms with Crippen LogP contribution in [0.2, 0.25) is 0 Å². The third-order valence-electron chi connectivity index (χ3n) is 5.53. The topological polar surface area (TPSA) is 186 Å². The fraction of sp³-hybridized carbons (Fsp3) is 0.600. The van der Waals surface area contributed by atoms with Crippen LogP contribution in [0.5, 0.6) is 0 Å². The Bertz CT molecular complexity index is 1120. The Labute approximate surface area is 252 Å². The van der Waals surface area contributed by atoms with E-state index in [0.717, 1.165) is 0 Å². The van der Waals surface area contributed by atoms with Gasteiger partial charge >= 0.3 is 24.0 Å². The number of carbonyl (C=O) groups is 6. The third-order valence-corrected chi connectivity index (χ3v) is 5.53. The van der Waals surface area contributed by atoms with E-state index in [1.165, 1.54) is 0 Å². The number of rotatable bonds is 14. The van der Waals surface area contributed by atoms with Crippen LogP contribution < -0.4 is 16.0 Å². The molecule has 3 atom stereocenters. The summed E-state index contributed by atoms with van der Waals surface area (Å²) in [6.45, 7) is 13.0. The van der Waals surface area contributed by atoms with Gasteiger partial charge in [0.25, 0.3) is 0 Å². The van der Waals surface area contributed by atoms with Gasteiger partial charge in [0.15, 0.2) is 0 Å². The summed E-state index contributed by atoms with van der Waals surface area (Å²) in [5, 5.41) is 16.7. The van der Waals surface area contributed by atoms with Gasteiger partial charge in [0.1, 0.15) is 35.9 Å². The number of carboxylic acids is 1. The first kappa shape index (κ1) is 36.9. The quantitative estimate of drug-likeness (QED) is 0.181.